The topological polar surface area (TPSA) is 86.7 Å². The molecule has 0 fully saturated rings. The highest BCUT2D eigenvalue weighted by Gasteiger charge is 2.16. The first-order valence-corrected chi connectivity index (χ1v) is 8.14. The van der Waals surface area contributed by atoms with Crippen molar-refractivity contribution in [2.75, 3.05) is 12.0 Å². The summed E-state index contributed by atoms with van der Waals surface area (Å²) < 4.78 is 1.28. The van der Waals surface area contributed by atoms with Gasteiger partial charge in [-0.25, -0.2) is 14.6 Å². The maximum absolute atomic E-state index is 11.6. The highest BCUT2D eigenvalue weighted by Crippen LogP contribution is 2.31. The summed E-state index contributed by atoms with van der Waals surface area (Å²) in [6, 6.07) is 12.8. The fourth-order valence-corrected chi connectivity index (χ4v) is 2.63. The lowest BCUT2D eigenvalue weighted by Gasteiger charge is -2.11. The lowest BCUT2D eigenvalue weighted by molar-refractivity contribution is 0.710. The van der Waals surface area contributed by atoms with E-state index in [2.05, 4.69) is 15.1 Å². The van der Waals surface area contributed by atoms with Crippen molar-refractivity contribution < 1.29 is 0 Å². The van der Waals surface area contributed by atoms with Gasteiger partial charge in [0.15, 0.2) is 5.82 Å². The molecular formula is C16H15N5OS. The van der Waals surface area contributed by atoms with Gasteiger partial charge >= 0.3 is 0 Å². The Labute approximate surface area is 137 Å². The van der Waals surface area contributed by atoms with E-state index in [0.29, 0.717) is 27.9 Å². The molecule has 0 aliphatic heterocycles. The van der Waals surface area contributed by atoms with E-state index in [-0.39, 0.29) is 5.56 Å². The molecule has 0 radical (unpaired) electrons. The number of benzene rings is 1. The van der Waals surface area contributed by atoms with E-state index in [4.69, 9.17) is 5.73 Å². The van der Waals surface area contributed by atoms with Crippen LogP contribution in [0.15, 0.2) is 52.3 Å². The summed E-state index contributed by atoms with van der Waals surface area (Å²) in [5.41, 5.74) is 8.54. The summed E-state index contributed by atoms with van der Waals surface area (Å²) in [5.74, 6) is 0.380. The third-order valence-electron chi connectivity index (χ3n) is 3.33. The average Bonchev–Trinajstić information content (AvgIpc) is 2.58. The molecule has 3 aromatic rings. The van der Waals surface area contributed by atoms with Gasteiger partial charge in [-0.15, -0.1) is 11.8 Å². The van der Waals surface area contributed by atoms with Gasteiger partial charge in [0.1, 0.15) is 22.1 Å². The summed E-state index contributed by atoms with van der Waals surface area (Å²) >= 11 is 1.42. The van der Waals surface area contributed by atoms with Gasteiger partial charge in [-0.1, -0.05) is 30.3 Å². The molecule has 0 atom stereocenters. The minimum absolute atomic E-state index is 0.177. The van der Waals surface area contributed by atoms with Crippen LogP contribution in [0.4, 0.5) is 5.82 Å². The smallest absolute Gasteiger partial charge is 0.266 e. The van der Waals surface area contributed by atoms with E-state index in [0.717, 1.165) is 5.56 Å². The first kappa shape index (κ1) is 15.2. The monoisotopic (exact) mass is 325 g/mol. The van der Waals surface area contributed by atoms with Gasteiger partial charge in [-0.05, 0) is 12.3 Å². The molecular weight excluding hydrogens is 310 g/mol. The molecule has 0 saturated carbocycles. The maximum Gasteiger partial charge on any atom is 0.266 e. The first-order valence-electron chi connectivity index (χ1n) is 6.92. The average molecular weight is 325 g/mol. The minimum Gasteiger partial charge on any atom is -0.381 e. The molecule has 2 N–H and O–H groups in total. The molecule has 7 heteroatoms. The van der Waals surface area contributed by atoms with Crippen molar-refractivity contribution in [1.29, 1.82) is 0 Å². The number of thioether (sulfide) groups is 1. The molecule has 2 heterocycles. The van der Waals surface area contributed by atoms with Crippen molar-refractivity contribution >= 4 is 17.6 Å². The van der Waals surface area contributed by atoms with Crippen LogP contribution in [-0.2, 0) is 7.05 Å². The Morgan fingerprint density at radius 1 is 1.04 bits per heavy atom. The molecule has 116 valence electrons. The van der Waals surface area contributed by atoms with Crippen LogP contribution < -0.4 is 11.3 Å². The van der Waals surface area contributed by atoms with Crippen molar-refractivity contribution in [3.63, 3.8) is 0 Å². The number of aryl methyl sites for hydroxylation is 1. The van der Waals surface area contributed by atoms with Crippen LogP contribution in [0.25, 0.3) is 22.6 Å². The third kappa shape index (κ3) is 2.95. The van der Waals surface area contributed by atoms with Crippen molar-refractivity contribution in [3.8, 4) is 22.6 Å². The van der Waals surface area contributed by atoms with Crippen molar-refractivity contribution in [2.24, 2.45) is 7.05 Å². The molecule has 0 bridgehead atoms. The highest BCUT2D eigenvalue weighted by molar-refractivity contribution is 7.98. The second-order valence-corrected chi connectivity index (χ2v) is 5.66. The van der Waals surface area contributed by atoms with Crippen LogP contribution in [0.5, 0.6) is 0 Å². The number of nitrogen functional groups attached to an aromatic ring is 1. The number of hydrogen-bond donors (Lipinski definition) is 1. The molecule has 3 rings (SSSR count). The van der Waals surface area contributed by atoms with Gasteiger partial charge in [0.25, 0.3) is 5.56 Å². The quantitative estimate of drug-likeness (QED) is 0.743. The molecule has 2 aromatic heterocycles. The summed E-state index contributed by atoms with van der Waals surface area (Å²) in [6.45, 7) is 0. The molecule has 1 aromatic carbocycles. The summed E-state index contributed by atoms with van der Waals surface area (Å²) in [4.78, 5) is 20.7. The van der Waals surface area contributed by atoms with E-state index >= 15 is 0 Å². The Bertz CT molecular complexity index is 908. The van der Waals surface area contributed by atoms with Crippen LogP contribution in [-0.4, -0.2) is 26.0 Å². The van der Waals surface area contributed by atoms with Gasteiger partial charge in [-0.2, -0.15) is 5.10 Å². The van der Waals surface area contributed by atoms with Crippen molar-refractivity contribution in [2.45, 2.75) is 5.03 Å². The van der Waals surface area contributed by atoms with Crippen LogP contribution in [0.3, 0.4) is 0 Å². The Morgan fingerprint density at radius 2 is 1.78 bits per heavy atom. The van der Waals surface area contributed by atoms with Gasteiger partial charge in [0.2, 0.25) is 0 Å². The standard InChI is InChI=1S/C16H15N5OS/c1-21-12(22)9-8-11(20-21)14-13(10-6-4-3-5-7-10)18-15(17)16(19-14)23-2/h3-9H,1-2H3,(H2,17,18). The van der Waals surface area contributed by atoms with E-state index in [1.807, 2.05) is 36.6 Å². The number of aromatic nitrogens is 4. The van der Waals surface area contributed by atoms with Crippen LogP contribution >= 0.6 is 11.8 Å². The molecule has 0 spiro atoms. The molecule has 0 amide bonds. The molecule has 0 saturated heterocycles. The molecule has 6 nitrogen and oxygen atoms in total. The fraction of sp³-hybridized carbons (Fsp3) is 0.125. The fourth-order valence-electron chi connectivity index (χ4n) is 2.19. The van der Waals surface area contributed by atoms with Crippen LogP contribution in [0.2, 0.25) is 0 Å². The Balaban J connectivity index is 2.28. The van der Waals surface area contributed by atoms with Gasteiger partial charge in [0.05, 0.1) is 0 Å². The Morgan fingerprint density at radius 3 is 2.43 bits per heavy atom. The normalized spacial score (nSPS) is 10.7. The third-order valence-corrected chi connectivity index (χ3v) is 4.02. The van der Waals surface area contributed by atoms with Crippen LogP contribution in [0.1, 0.15) is 0 Å². The SMILES string of the molecule is CSc1nc(-c2ccc(=O)n(C)n2)c(-c2ccccc2)nc1N. The van der Waals surface area contributed by atoms with Crippen molar-refractivity contribution in [3.05, 3.63) is 52.8 Å². The van der Waals surface area contributed by atoms with E-state index in [9.17, 15) is 4.79 Å². The van der Waals surface area contributed by atoms with E-state index in [1.165, 1.54) is 22.5 Å². The Kier molecular flexibility index (Phi) is 4.12. The van der Waals surface area contributed by atoms with Crippen molar-refractivity contribution in [1.82, 2.24) is 19.7 Å². The van der Waals surface area contributed by atoms with Crippen LogP contribution in [0, 0.1) is 0 Å². The number of hydrogen-bond acceptors (Lipinski definition) is 6. The number of nitrogens with two attached hydrogens (primary N) is 1. The molecule has 0 aliphatic rings. The van der Waals surface area contributed by atoms with E-state index < -0.39 is 0 Å². The second kappa shape index (κ2) is 6.21. The Hall–Kier alpha value is -2.67. The molecule has 23 heavy (non-hydrogen) atoms. The lowest BCUT2D eigenvalue weighted by Crippen LogP contribution is -2.18. The number of anilines is 1. The maximum atomic E-state index is 11.6. The number of rotatable bonds is 3. The minimum atomic E-state index is -0.177. The zero-order chi connectivity index (χ0) is 16.4. The van der Waals surface area contributed by atoms with E-state index in [1.54, 1.807) is 13.1 Å². The van der Waals surface area contributed by atoms with Gasteiger partial charge in [-0.3, -0.25) is 4.79 Å². The molecule has 0 unspecified atom stereocenters. The highest BCUT2D eigenvalue weighted by atomic mass is 32.2. The first-order chi connectivity index (χ1) is 11.1. The summed E-state index contributed by atoms with van der Waals surface area (Å²) in [7, 11) is 1.61. The zero-order valence-electron chi connectivity index (χ0n) is 12.7. The zero-order valence-corrected chi connectivity index (χ0v) is 13.5. The van der Waals surface area contributed by atoms with Gasteiger partial charge in [0, 0.05) is 18.7 Å². The predicted octanol–water partition coefficient (Wildman–Crippen LogP) is 2.21. The lowest BCUT2D eigenvalue weighted by atomic mass is 10.1. The second-order valence-electron chi connectivity index (χ2n) is 4.86. The summed E-state index contributed by atoms with van der Waals surface area (Å²) in [5, 5.41) is 4.92. The molecule has 0 aliphatic carbocycles. The number of nitrogens with zero attached hydrogens (tertiary/aromatic N) is 4. The van der Waals surface area contributed by atoms with Gasteiger partial charge < -0.3 is 5.73 Å². The largest absolute Gasteiger partial charge is 0.381 e. The predicted molar refractivity (Wildman–Crippen MR) is 92.1 cm³/mol. The summed E-state index contributed by atoms with van der Waals surface area (Å²) in [6.07, 6.45) is 1.89.